The molecule has 1 heterocycles. The molecular formula is C17H14N2O3. The predicted molar refractivity (Wildman–Crippen MR) is 81.6 cm³/mol. The van der Waals surface area contributed by atoms with Gasteiger partial charge in [-0.3, -0.25) is 0 Å². The minimum Gasteiger partial charge on any atom is -0.478 e. The summed E-state index contributed by atoms with van der Waals surface area (Å²) in [4.78, 5) is 15.1. The van der Waals surface area contributed by atoms with E-state index in [0.717, 1.165) is 22.3 Å². The van der Waals surface area contributed by atoms with Gasteiger partial charge in [0.05, 0.1) is 5.56 Å². The Bertz CT molecular complexity index is 835. The number of aromatic carboxylic acids is 1. The Kier molecular flexibility index (Phi) is 3.47. The number of benzene rings is 2. The zero-order chi connectivity index (χ0) is 15.7. The van der Waals surface area contributed by atoms with E-state index < -0.39 is 5.97 Å². The largest absolute Gasteiger partial charge is 0.478 e. The summed E-state index contributed by atoms with van der Waals surface area (Å²) in [7, 11) is 0. The van der Waals surface area contributed by atoms with Crippen molar-refractivity contribution in [1.29, 1.82) is 0 Å². The van der Waals surface area contributed by atoms with Gasteiger partial charge in [-0.25, -0.2) is 4.79 Å². The van der Waals surface area contributed by atoms with E-state index in [1.807, 2.05) is 37.3 Å². The molecule has 0 bridgehead atoms. The quantitative estimate of drug-likeness (QED) is 0.796. The van der Waals surface area contributed by atoms with Gasteiger partial charge in [-0.2, -0.15) is 4.98 Å². The van der Waals surface area contributed by atoms with Crippen molar-refractivity contribution < 1.29 is 14.4 Å². The van der Waals surface area contributed by atoms with Gasteiger partial charge in [-0.1, -0.05) is 23.4 Å². The maximum Gasteiger partial charge on any atom is 0.335 e. The van der Waals surface area contributed by atoms with Crippen molar-refractivity contribution in [2.45, 2.75) is 13.8 Å². The van der Waals surface area contributed by atoms with E-state index in [-0.39, 0.29) is 5.56 Å². The summed E-state index contributed by atoms with van der Waals surface area (Å²) in [5.41, 5.74) is 4.20. The van der Waals surface area contributed by atoms with Crippen molar-refractivity contribution in [3.63, 3.8) is 0 Å². The summed E-state index contributed by atoms with van der Waals surface area (Å²) in [6.45, 7) is 3.77. The maximum atomic E-state index is 10.9. The highest BCUT2D eigenvalue weighted by Gasteiger charge is 2.10. The van der Waals surface area contributed by atoms with Crippen LogP contribution in [0.2, 0.25) is 0 Å². The maximum absolute atomic E-state index is 10.9. The van der Waals surface area contributed by atoms with Crippen LogP contribution in [0.5, 0.6) is 0 Å². The molecule has 0 amide bonds. The number of hydrogen-bond donors (Lipinski definition) is 1. The smallest absolute Gasteiger partial charge is 0.335 e. The number of carboxylic acid groups (broad SMARTS) is 1. The fourth-order valence-electron chi connectivity index (χ4n) is 2.33. The van der Waals surface area contributed by atoms with E-state index in [0.29, 0.717) is 11.7 Å². The molecule has 1 aromatic heterocycles. The van der Waals surface area contributed by atoms with E-state index in [2.05, 4.69) is 10.1 Å². The number of aromatic nitrogens is 2. The number of carbonyl (C=O) groups is 1. The van der Waals surface area contributed by atoms with Crippen LogP contribution in [0.25, 0.3) is 22.6 Å². The second kappa shape index (κ2) is 5.44. The molecule has 0 saturated heterocycles. The third-order valence-electron chi connectivity index (χ3n) is 3.44. The van der Waals surface area contributed by atoms with Crippen molar-refractivity contribution >= 4 is 5.97 Å². The van der Waals surface area contributed by atoms with Gasteiger partial charge in [-0.05, 0) is 54.8 Å². The lowest BCUT2D eigenvalue weighted by Crippen LogP contribution is -1.95. The molecule has 0 aliphatic carbocycles. The summed E-state index contributed by atoms with van der Waals surface area (Å²) in [5.74, 6) is 0.166. The number of hydrogen-bond acceptors (Lipinski definition) is 4. The molecule has 0 spiro atoms. The first-order valence-corrected chi connectivity index (χ1v) is 6.79. The predicted octanol–water partition coefficient (Wildman–Crippen LogP) is 3.72. The molecule has 0 unspecified atom stereocenters. The first-order valence-electron chi connectivity index (χ1n) is 6.79. The van der Waals surface area contributed by atoms with Crippen LogP contribution in [0.1, 0.15) is 21.7 Å². The van der Waals surface area contributed by atoms with Crippen LogP contribution in [-0.2, 0) is 0 Å². The van der Waals surface area contributed by atoms with Gasteiger partial charge in [0.15, 0.2) is 5.82 Å². The van der Waals surface area contributed by atoms with Gasteiger partial charge in [-0.15, -0.1) is 0 Å². The summed E-state index contributed by atoms with van der Waals surface area (Å²) in [5, 5.41) is 12.7. The minimum absolute atomic E-state index is 0.277. The molecular weight excluding hydrogens is 280 g/mol. The average Bonchev–Trinajstić information content (AvgIpc) is 2.94. The summed E-state index contributed by atoms with van der Waals surface area (Å²) >= 11 is 0. The zero-order valence-corrected chi connectivity index (χ0v) is 12.2. The highest BCUT2D eigenvalue weighted by Crippen LogP contribution is 2.28. The average molecular weight is 294 g/mol. The Hall–Kier alpha value is -2.95. The number of aryl methyl sites for hydroxylation is 2. The molecule has 1 N–H and O–H groups in total. The Balaban J connectivity index is 1.96. The third-order valence-corrected chi connectivity index (χ3v) is 3.44. The fraction of sp³-hybridized carbons (Fsp3) is 0.118. The lowest BCUT2D eigenvalue weighted by Gasteiger charge is -2.07. The van der Waals surface area contributed by atoms with E-state index in [4.69, 9.17) is 9.63 Å². The molecule has 110 valence electrons. The number of rotatable bonds is 3. The lowest BCUT2D eigenvalue weighted by molar-refractivity contribution is 0.0697. The van der Waals surface area contributed by atoms with Gasteiger partial charge in [0.1, 0.15) is 0 Å². The Morgan fingerprint density at radius 1 is 1.05 bits per heavy atom. The van der Waals surface area contributed by atoms with Crippen LogP contribution in [0.15, 0.2) is 47.0 Å². The van der Waals surface area contributed by atoms with Crippen molar-refractivity contribution in [3.05, 3.63) is 59.4 Å². The van der Waals surface area contributed by atoms with Gasteiger partial charge in [0, 0.05) is 5.56 Å². The molecule has 3 rings (SSSR count). The van der Waals surface area contributed by atoms with E-state index in [9.17, 15) is 4.79 Å². The van der Waals surface area contributed by atoms with E-state index >= 15 is 0 Å². The Morgan fingerprint density at radius 3 is 2.27 bits per heavy atom. The minimum atomic E-state index is -0.926. The molecule has 0 saturated carbocycles. The molecule has 0 aliphatic heterocycles. The van der Waals surface area contributed by atoms with Gasteiger partial charge in [0.2, 0.25) is 0 Å². The molecule has 0 fully saturated rings. The monoisotopic (exact) mass is 294 g/mol. The van der Waals surface area contributed by atoms with Crippen molar-refractivity contribution in [2.24, 2.45) is 0 Å². The summed E-state index contributed by atoms with van der Waals surface area (Å²) in [6.07, 6.45) is 0. The molecule has 0 radical (unpaired) electrons. The van der Waals surface area contributed by atoms with Crippen molar-refractivity contribution in [1.82, 2.24) is 10.1 Å². The summed E-state index contributed by atoms with van der Waals surface area (Å²) in [6, 6.07) is 12.7. The lowest BCUT2D eigenvalue weighted by atomic mass is 9.97. The molecule has 0 atom stereocenters. The molecule has 3 aromatic rings. The second-order valence-electron chi connectivity index (χ2n) is 5.06. The van der Waals surface area contributed by atoms with E-state index in [1.165, 1.54) is 0 Å². The molecule has 0 aliphatic rings. The fourth-order valence-corrected chi connectivity index (χ4v) is 2.33. The molecule has 5 nitrogen and oxygen atoms in total. The second-order valence-corrected chi connectivity index (χ2v) is 5.06. The number of nitrogens with zero attached hydrogens (tertiary/aromatic N) is 2. The van der Waals surface area contributed by atoms with Crippen LogP contribution in [0, 0.1) is 13.8 Å². The number of carboxylic acids is 1. The zero-order valence-electron chi connectivity index (χ0n) is 12.2. The van der Waals surface area contributed by atoms with E-state index in [1.54, 1.807) is 19.1 Å². The van der Waals surface area contributed by atoms with Crippen LogP contribution < -0.4 is 0 Å². The Labute approximate surface area is 127 Å². The molecule has 5 heteroatoms. The third kappa shape index (κ3) is 2.61. The van der Waals surface area contributed by atoms with Crippen LogP contribution in [0.3, 0.4) is 0 Å². The highest BCUT2D eigenvalue weighted by molar-refractivity contribution is 5.88. The van der Waals surface area contributed by atoms with Gasteiger partial charge < -0.3 is 9.63 Å². The topological polar surface area (TPSA) is 76.2 Å². The van der Waals surface area contributed by atoms with Crippen LogP contribution >= 0.6 is 0 Å². The highest BCUT2D eigenvalue weighted by atomic mass is 16.5. The standard InChI is InChI=1S/C17H14N2O3/c1-10-9-14(16-18-11(2)19-22-16)7-8-15(10)12-3-5-13(6-4-12)17(20)21/h3-9H,1-2H3,(H,20,21). The SMILES string of the molecule is Cc1noc(-c2ccc(-c3ccc(C(=O)O)cc3)c(C)c2)n1. The van der Waals surface area contributed by atoms with Crippen molar-refractivity contribution in [3.8, 4) is 22.6 Å². The Morgan fingerprint density at radius 2 is 1.73 bits per heavy atom. The van der Waals surface area contributed by atoms with Crippen LogP contribution in [-0.4, -0.2) is 21.2 Å². The molecule has 2 aromatic carbocycles. The normalized spacial score (nSPS) is 10.6. The summed E-state index contributed by atoms with van der Waals surface area (Å²) < 4.78 is 5.17. The van der Waals surface area contributed by atoms with Crippen LogP contribution in [0.4, 0.5) is 0 Å². The van der Waals surface area contributed by atoms with Gasteiger partial charge >= 0.3 is 5.97 Å². The first-order chi connectivity index (χ1) is 10.5. The first kappa shape index (κ1) is 14.0. The van der Waals surface area contributed by atoms with Gasteiger partial charge in [0.25, 0.3) is 5.89 Å². The molecule has 22 heavy (non-hydrogen) atoms. The van der Waals surface area contributed by atoms with Crippen molar-refractivity contribution in [2.75, 3.05) is 0 Å².